The molecule has 0 bridgehead atoms. The quantitative estimate of drug-likeness (QED) is 0.379. The maximum Gasteiger partial charge on any atom is 0.251 e. The number of carbonyl (C=O) groups excluding carboxylic acids is 2. The first-order chi connectivity index (χ1) is 15.5. The summed E-state index contributed by atoms with van der Waals surface area (Å²) in [7, 11) is 0. The zero-order valence-corrected chi connectivity index (χ0v) is 21.6. The number of nitrogens with one attached hydrogen (secondary N) is 2. The minimum Gasteiger partial charge on any atom is -0.365 e. The molecule has 1 aliphatic carbocycles. The molecule has 176 valence electrons. The fraction of sp³-hybridized carbons (Fsp3) is 0.423. The summed E-state index contributed by atoms with van der Waals surface area (Å²) >= 11 is 6.85. The lowest BCUT2D eigenvalue weighted by atomic mass is 9.72. The Hall–Kier alpha value is -2.51. The smallest absolute Gasteiger partial charge is 0.251 e. The van der Waals surface area contributed by atoms with E-state index in [4.69, 9.17) is 18.0 Å². The van der Waals surface area contributed by atoms with Gasteiger partial charge in [0.2, 0.25) is 5.91 Å². The van der Waals surface area contributed by atoms with Crippen molar-refractivity contribution in [3.05, 3.63) is 57.5 Å². The van der Waals surface area contributed by atoms with Crippen LogP contribution >= 0.6 is 23.6 Å². The molecule has 7 heteroatoms. The van der Waals surface area contributed by atoms with Crippen LogP contribution in [0.15, 0.2) is 30.3 Å². The van der Waals surface area contributed by atoms with Gasteiger partial charge in [-0.05, 0) is 71.5 Å². The van der Waals surface area contributed by atoms with Crippen molar-refractivity contribution >= 4 is 51.6 Å². The first-order valence-corrected chi connectivity index (χ1v) is 12.5. The Morgan fingerprint density at radius 2 is 1.88 bits per heavy atom. The Labute approximate surface area is 205 Å². The topological polar surface area (TPSA) is 84.2 Å². The molecule has 0 radical (unpaired) electrons. The fourth-order valence-electron chi connectivity index (χ4n) is 4.13. The number of hydrogen-bond acceptors (Lipinski definition) is 4. The van der Waals surface area contributed by atoms with E-state index in [1.165, 1.54) is 27.9 Å². The maximum absolute atomic E-state index is 12.3. The number of fused-ring (bicyclic) bond motifs is 1. The summed E-state index contributed by atoms with van der Waals surface area (Å²) < 4.78 is 0. The molecule has 5 nitrogen and oxygen atoms in total. The van der Waals surface area contributed by atoms with Crippen molar-refractivity contribution in [3.63, 3.8) is 0 Å². The van der Waals surface area contributed by atoms with Gasteiger partial charge in [0.15, 0.2) is 5.11 Å². The summed E-state index contributed by atoms with van der Waals surface area (Å²) in [5, 5.41) is 6.45. The molecule has 0 unspecified atom stereocenters. The van der Waals surface area contributed by atoms with E-state index < -0.39 is 5.91 Å². The van der Waals surface area contributed by atoms with Gasteiger partial charge in [0.1, 0.15) is 5.00 Å². The van der Waals surface area contributed by atoms with Gasteiger partial charge < -0.3 is 11.1 Å². The fourth-order valence-corrected chi connectivity index (χ4v) is 5.73. The lowest BCUT2D eigenvalue weighted by molar-refractivity contribution is -0.115. The molecule has 1 aliphatic rings. The van der Waals surface area contributed by atoms with Crippen LogP contribution in [0, 0.1) is 11.3 Å². The second kappa shape index (κ2) is 10.2. The van der Waals surface area contributed by atoms with Crippen LogP contribution in [-0.4, -0.2) is 16.9 Å². The highest BCUT2D eigenvalue weighted by molar-refractivity contribution is 7.80. The summed E-state index contributed by atoms with van der Waals surface area (Å²) in [5.74, 6) is 0.198. The van der Waals surface area contributed by atoms with Crippen LogP contribution in [0.5, 0.6) is 0 Å². The largest absolute Gasteiger partial charge is 0.365 e. The molecule has 0 saturated heterocycles. The van der Waals surface area contributed by atoms with Gasteiger partial charge in [0.05, 0.1) is 5.56 Å². The number of thiophene rings is 1. The second-order valence-corrected chi connectivity index (χ2v) is 11.5. The Kier molecular flexibility index (Phi) is 7.75. The zero-order chi connectivity index (χ0) is 24.3. The molecule has 1 aromatic carbocycles. The normalized spacial score (nSPS) is 16.0. The Balaban J connectivity index is 1.67. The lowest BCUT2D eigenvalue weighted by Crippen LogP contribution is -2.33. The number of hydrogen-bond donors (Lipinski definition) is 3. The first-order valence-electron chi connectivity index (χ1n) is 11.3. The highest BCUT2D eigenvalue weighted by atomic mass is 32.1. The van der Waals surface area contributed by atoms with Crippen molar-refractivity contribution in [2.24, 2.45) is 17.1 Å². The van der Waals surface area contributed by atoms with Crippen molar-refractivity contribution in [1.29, 1.82) is 0 Å². The zero-order valence-electron chi connectivity index (χ0n) is 20.0. The van der Waals surface area contributed by atoms with Crippen molar-refractivity contribution in [3.8, 4) is 0 Å². The number of benzene rings is 1. The predicted octanol–water partition coefficient (Wildman–Crippen LogP) is 5.65. The molecule has 1 aromatic heterocycles. The highest BCUT2D eigenvalue weighted by Crippen LogP contribution is 2.44. The predicted molar refractivity (Wildman–Crippen MR) is 142 cm³/mol. The molecule has 2 amide bonds. The molecule has 0 aliphatic heterocycles. The van der Waals surface area contributed by atoms with Crippen LogP contribution in [0.2, 0.25) is 0 Å². The van der Waals surface area contributed by atoms with E-state index in [-0.39, 0.29) is 16.4 Å². The molecule has 33 heavy (non-hydrogen) atoms. The van der Waals surface area contributed by atoms with Crippen LogP contribution in [0.3, 0.4) is 0 Å². The summed E-state index contributed by atoms with van der Waals surface area (Å²) in [6.45, 7) is 11.0. The second-order valence-electron chi connectivity index (χ2n) is 9.98. The van der Waals surface area contributed by atoms with E-state index >= 15 is 0 Å². The van der Waals surface area contributed by atoms with Crippen LogP contribution in [0.4, 0.5) is 5.00 Å². The van der Waals surface area contributed by atoms with Crippen LogP contribution in [0.1, 0.15) is 78.9 Å². The maximum atomic E-state index is 12.3. The molecule has 2 aromatic rings. The number of nitrogens with two attached hydrogens (primary N) is 1. The molecule has 0 saturated carbocycles. The van der Waals surface area contributed by atoms with Crippen LogP contribution in [0.25, 0.3) is 6.08 Å². The Morgan fingerprint density at radius 3 is 2.45 bits per heavy atom. The van der Waals surface area contributed by atoms with Gasteiger partial charge in [-0.3, -0.25) is 14.9 Å². The molecular weight excluding hydrogens is 450 g/mol. The van der Waals surface area contributed by atoms with Crippen LogP contribution < -0.4 is 16.4 Å². The minimum atomic E-state index is -0.469. The number of carbonyl (C=O) groups is 2. The van der Waals surface area contributed by atoms with Gasteiger partial charge in [-0.1, -0.05) is 58.9 Å². The lowest BCUT2D eigenvalue weighted by Gasteiger charge is -2.33. The van der Waals surface area contributed by atoms with Gasteiger partial charge in [0, 0.05) is 11.0 Å². The molecule has 0 fully saturated rings. The van der Waals surface area contributed by atoms with E-state index in [9.17, 15) is 9.59 Å². The van der Waals surface area contributed by atoms with E-state index in [0.717, 1.165) is 30.4 Å². The molecule has 1 atom stereocenters. The van der Waals surface area contributed by atoms with Gasteiger partial charge in [-0.2, -0.15) is 0 Å². The monoisotopic (exact) mass is 483 g/mol. The van der Waals surface area contributed by atoms with Crippen molar-refractivity contribution < 1.29 is 9.59 Å². The molecule has 1 heterocycles. The summed E-state index contributed by atoms with van der Waals surface area (Å²) in [6.07, 6.45) is 5.96. The number of rotatable bonds is 5. The number of anilines is 1. The van der Waals surface area contributed by atoms with Crippen LogP contribution in [-0.2, 0) is 17.6 Å². The van der Waals surface area contributed by atoms with Crippen molar-refractivity contribution in [2.45, 2.75) is 59.8 Å². The summed E-state index contributed by atoms with van der Waals surface area (Å²) in [6, 6.07) is 8.08. The molecule has 4 N–H and O–H groups in total. The third-order valence-corrected chi connectivity index (χ3v) is 7.60. The van der Waals surface area contributed by atoms with E-state index in [0.29, 0.717) is 22.4 Å². The number of amides is 2. The van der Waals surface area contributed by atoms with E-state index in [2.05, 4.69) is 57.4 Å². The Bertz CT molecular complexity index is 1080. The van der Waals surface area contributed by atoms with Gasteiger partial charge in [0.25, 0.3) is 5.91 Å². The van der Waals surface area contributed by atoms with Gasteiger partial charge >= 0.3 is 0 Å². The standard InChI is InChI=1S/C26H33N3O2S2/c1-15(2)17-9-6-16(7-10-17)8-13-21(30)28-25(32)29-24-22(23(27)31)19-12-11-18(26(3,4)5)14-20(19)33-24/h6-10,13,15,18H,11-12,14H2,1-5H3,(H2,27,31)(H2,28,29,30,32)/b13-8+/t18-/m1/s1. The minimum absolute atomic E-state index is 0.147. The average molecular weight is 484 g/mol. The van der Waals surface area contributed by atoms with Gasteiger partial charge in [-0.25, -0.2) is 0 Å². The Morgan fingerprint density at radius 1 is 1.21 bits per heavy atom. The molecular formula is C26H33N3O2S2. The van der Waals surface area contributed by atoms with Gasteiger partial charge in [-0.15, -0.1) is 11.3 Å². The third kappa shape index (κ3) is 6.30. The number of thiocarbonyl (C=S) groups is 1. The first kappa shape index (κ1) is 25.1. The van der Waals surface area contributed by atoms with Crippen molar-refractivity contribution in [1.82, 2.24) is 5.32 Å². The summed E-state index contributed by atoms with van der Waals surface area (Å²) in [5.41, 5.74) is 9.62. The average Bonchev–Trinajstić information content (AvgIpc) is 3.08. The summed E-state index contributed by atoms with van der Waals surface area (Å²) in [4.78, 5) is 25.7. The van der Waals surface area contributed by atoms with E-state index in [1.54, 1.807) is 6.08 Å². The molecule has 0 spiro atoms. The molecule has 3 rings (SSSR count). The van der Waals surface area contributed by atoms with Crippen molar-refractivity contribution in [2.75, 3.05) is 5.32 Å². The SMILES string of the molecule is CC(C)c1ccc(/C=C/C(=O)NC(=S)Nc2sc3c(c2C(N)=O)CC[C@@H](C(C)(C)C)C3)cc1. The highest BCUT2D eigenvalue weighted by Gasteiger charge is 2.33. The third-order valence-electron chi connectivity index (χ3n) is 6.23. The van der Waals surface area contributed by atoms with E-state index in [1.807, 2.05) is 12.1 Å². The number of primary amides is 1.